The van der Waals surface area contributed by atoms with Crippen LogP contribution < -0.4 is 9.80 Å². The fourth-order valence-corrected chi connectivity index (χ4v) is 3.07. The van der Waals surface area contributed by atoms with Crippen LogP contribution in [0.4, 0.5) is 31.5 Å². The molecule has 30 heavy (non-hydrogen) atoms. The molecule has 0 aromatic heterocycles. The zero-order valence-electron chi connectivity index (χ0n) is 16.1. The van der Waals surface area contributed by atoms with E-state index in [0.29, 0.717) is 11.4 Å². The van der Waals surface area contributed by atoms with Crippen LogP contribution in [-0.2, 0) is 0 Å². The van der Waals surface area contributed by atoms with Crippen molar-refractivity contribution in [1.82, 2.24) is 0 Å². The minimum atomic E-state index is -1.17. The van der Waals surface area contributed by atoms with Crippen LogP contribution in [0.2, 0.25) is 0 Å². The minimum Gasteiger partial charge on any atom is -0.378 e. The number of rotatable bonds is 4. The van der Waals surface area contributed by atoms with E-state index in [1.807, 2.05) is 43.3 Å². The number of halogens is 2. The number of carbonyl (C=O) groups is 2. The van der Waals surface area contributed by atoms with Crippen LogP contribution in [0.5, 0.6) is 0 Å². The topological polar surface area (TPSA) is 65.3 Å². The Hall–Kier alpha value is -3.94. The van der Waals surface area contributed by atoms with E-state index in [1.165, 1.54) is 12.1 Å². The van der Waals surface area contributed by atoms with Crippen molar-refractivity contribution in [2.45, 2.75) is 0 Å². The first kappa shape index (κ1) is 19.4. The molecule has 0 N–H and O–H groups in total. The van der Waals surface area contributed by atoms with Gasteiger partial charge in [0.2, 0.25) is 0 Å². The molecule has 0 radical (unpaired) electrons. The number of azo groups is 1. The van der Waals surface area contributed by atoms with Crippen LogP contribution in [0.3, 0.4) is 0 Å². The Kier molecular flexibility index (Phi) is 4.83. The normalized spacial score (nSPS) is 13.3. The average molecular weight is 406 g/mol. The van der Waals surface area contributed by atoms with E-state index in [-0.39, 0.29) is 16.8 Å². The Morgan fingerprint density at radius 3 is 1.60 bits per heavy atom. The molecule has 0 unspecified atom stereocenters. The van der Waals surface area contributed by atoms with Crippen LogP contribution in [0.15, 0.2) is 70.9 Å². The first-order valence-electron chi connectivity index (χ1n) is 9.02. The van der Waals surface area contributed by atoms with E-state index in [9.17, 15) is 18.4 Å². The van der Waals surface area contributed by atoms with Gasteiger partial charge in [-0.15, -0.1) is 0 Å². The van der Waals surface area contributed by atoms with Gasteiger partial charge >= 0.3 is 0 Å². The number of benzene rings is 3. The molecule has 0 bridgehead atoms. The zero-order chi connectivity index (χ0) is 21.4. The third-order valence-corrected chi connectivity index (χ3v) is 4.68. The lowest BCUT2D eigenvalue weighted by Gasteiger charge is -2.13. The number of imide groups is 1. The highest BCUT2D eigenvalue weighted by molar-refractivity contribution is 6.34. The van der Waals surface area contributed by atoms with Crippen LogP contribution in [0.1, 0.15) is 20.7 Å². The molecular formula is C22H16F2N4O2. The predicted molar refractivity (Wildman–Crippen MR) is 109 cm³/mol. The third kappa shape index (κ3) is 3.43. The van der Waals surface area contributed by atoms with E-state index < -0.39 is 23.4 Å². The molecule has 1 heterocycles. The number of anilines is 2. The summed E-state index contributed by atoms with van der Waals surface area (Å²) in [4.78, 5) is 27.9. The number of hydrogen-bond acceptors (Lipinski definition) is 5. The number of amides is 2. The van der Waals surface area contributed by atoms with Gasteiger partial charge in [-0.3, -0.25) is 9.59 Å². The predicted octanol–water partition coefficient (Wildman–Crippen LogP) is 5.25. The Bertz CT molecular complexity index is 1130. The van der Waals surface area contributed by atoms with Crippen molar-refractivity contribution >= 4 is 34.6 Å². The van der Waals surface area contributed by atoms with E-state index in [2.05, 4.69) is 10.2 Å². The Morgan fingerprint density at radius 1 is 0.733 bits per heavy atom. The van der Waals surface area contributed by atoms with Gasteiger partial charge in [0.15, 0.2) is 11.6 Å². The van der Waals surface area contributed by atoms with Crippen molar-refractivity contribution in [2.24, 2.45) is 10.2 Å². The van der Waals surface area contributed by atoms with Crippen molar-refractivity contribution < 1.29 is 18.4 Å². The maximum absolute atomic E-state index is 13.5. The summed E-state index contributed by atoms with van der Waals surface area (Å²) in [6, 6.07) is 15.3. The molecule has 0 fully saturated rings. The third-order valence-electron chi connectivity index (χ3n) is 4.68. The standard InChI is InChI=1S/C22H16F2N4O2/c1-27(2)15-7-3-13(4-8-15)25-26-14-5-9-16(10-6-14)28-21(29)17-11-19(23)20(24)12-18(17)22(28)30/h3-12H,1-2H3. The van der Waals surface area contributed by atoms with Gasteiger partial charge in [0, 0.05) is 19.8 Å². The maximum atomic E-state index is 13.5. The second-order valence-corrected chi connectivity index (χ2v) is 6.88. The van der Waals surface area contributed by atoms with Crippen molar-refractivity contribution in [3.05, 3.63) is 83.4 Å². The lowest BCUT2D eigenvalue weighted by Crippen LogP contribution is -2.29. The van der Waals surface area contributed by atoms with Gasteiger partial charge in [0.1, 0.15) is 0 Å². The van der Waals surface area contributed by atoms with Crippen LogP contribution in [-0.4, -0.2) is 25.9 Å². The summed E-state index contributed by atoms with van der Waals surface area (Å²) >= 11 is 0. The van der Waals surface area contributed by atoms with Crippen LogP contribution in [0, 0.1) is 11.6 Å². The molecule has 0 saturated heterocycles. The number of fused-ring (bicyclic) bond motifs is 1. The van der Waals surface area contributed by atoms with E-state index in [1.54, 1.807) is 12.1 Å². The fourth-order valence-electron chi connectivity index (χ4n) is 3.07. The van der Waals surface area contributed by atoms with E-state index >= 15 is 0 Å². The van der Waals surface area contributed by atoms with Gasteiger partial charge in [0.05, 0.1) is 28.2 Å². The minimum absolute atomic E-state index is 0.163. The molecule has 0 spiro atoms. The summed E-state index contributed by atoms with van der Waals surface area (Å²) in [6.45, 7) is 0. The van der Waals surface area contributed by atoms with Crippen molar-refractivity contribution in [3.63, 3.8) is 0 Å². The second-order valence-electron chi connectivity index (χ2n) is 6.88. The molecule has 6 nitrogen and oxygen atoms in total. The lowest BCUT2D eigenvalue weighted by molar-refractivity contribution is 0.0926. The number of hydrogen-bond donors (Lipinski definition) is 0. The first-order chi connectivity index (χ1) is 14.3. The molecule has 8 heteroatoms. The monoisotopic (exact) mass is 406 g/mol. The smallest absolute Gasteiger partial charge is 0.266 e. The second kappa shape index (κ2) is 7.47. The Balaban J connectivity index is 1.54. The van der Waals surface area contributed by atoms with Gasteiger partial charge in [-0.25, -0.2) is 13.7 Å². The molecule has 4 rings (SSSR count). The number of nitrogens with zero attached hydrogens (tertiary/aromatic N) is 4. The zero-order valence-corrected chi connectivity index (χ0v) is 16.1. The highest BCUT2D eigenvalue weighted by Crippen LogP contribution is 2.31. The van der Waals surface area contributed by atoms with E-state index in [4.69, 9.17) is 0 Å². The molecule has 3 aromatic rings. The maximum Gasteiger partial charge on any atom is 0.266 e. The first-order valence-corrected chi connectivity index (χ1v) is 9.02. The van der Waals surface area contributed by atoms with Crippen LogP contribution in [0.25, 0.3) is 0 Å². The largest absolute Gasteiger partial charge is 0.378 e. The molecule has 1 aliphatic heterocycles. The molecule has 150 valence electrons. The quantitative estimate of drug-likeness (QED) is 0.439. The summed E-state index contributed by atoms with van der Waals surface area (Å²) in [6.07, 6.45) is 0. The molecular weight excluding hydrogens is 390 g/mol. The van der Waals surface area contributed by atoms with Gasteiger partial charge < -0.3 is 4.90 Å². The van der Waals surface area contributed by atoms with Crippen molar-refractivity contribution in [3.8, 4) is 0 Å². The molecule has 1 aliphatic rings. The molecule has 0 saturated carbocycles. The highest BCUT2D eigenvalue weighted by atomic mass is 19.2. The summed E-state index contributed by atoms with van der Waals surface area (Å²) in [5.74, 6) is -3.76. The Morgan fingerprint density at radius 2 is 1.17 bits per heavy atom. The SMILES string of the molecule is CN(C)c1ccc(N=Nc2ccc(N3C(=O)c4cc(F)c(F)cc4C3=O)cc2)cc1. The van der Waals surface area contributed by atoms with Gasteiger partial charge in [-0.05, 0) is 60.7 Å². The lowest BCUT2D eigenvalue weighted by atomic mass is 10.1. The summed E-state index contributed by atoms with van der Waals surface area (Å²) < 4.78 is 26.9. The van der Waals surface area contributed by atoms with Crippen molar-refractivity contribution in [2.75, 3.05) is 23.9 Å². The van der Waals surface area contributed by atoms with Gasteiger partial charge in [-0.2, -0.15) is 10.2 Å². The van der Waals surface area contributed by atoms with Crippen LogP contribution >= 0.6 is 0 Å². The highest BCUT2D eigenvalue weighted by Gasteiger charge is 2.37. The summed E-state index contributed by atoms with van der Waals surface area (Å²) in [7, 11) is 3.89. The molecule has 2 amide bonds. The number of carbonyl (C=O) groups excluding carboxylic acids is 2. The van der Waals surface area contributed by atoms with Gasteiger partial charge in [-0.1, -0.05) is 0 Å². The molecule has 0 aliphatic carbocycles. The van der Waals surface area contributed by atoms with Gasteiger partial charge in [0.25, 0.3) is 11.8 Å². The summed E-state index contributed by atoms with van der Waals surface area (Å²) in [5, 5.41) is 8.30. The fraction of sp³-hybridized carbons (Fsp3) is 0.0909. The molecule has 0 atom stereocenters. The average Bonchev–Trinajstić information content (AvgIpc) is 2.97. The Labute approximate surface area is 171 Å². The molecule has 3 aromatic carbocycles. The van der Waals surface area contributed by atoms with Crippen molar-refractivity contribution in [1.29, 1.82) is 0 Å². The van der Waals surface area contributed by atoms with E-state index in [0.717, 1.165) is 22.7 Å². The summed E-state index contributed by atoms with van der Waals surface area (Å²) in [5.41, 5.74) is 2.18.